The van der Waals surface area contributed by atoms with Crippen LogP contribution >= 0.6 is 0 Å². The number of guanidine groups is 1. The molecule has 0 bridgehead atoms. The van der Waals surface area contributed by atoms with Crippen LogP contribution in [0.5, 0.6) is 5.75 Å². The minimum atomic E-state index is -0.673. The molecule has 10 heteroatoms. The predicted molar refractivity (Wildman–Crippen MR) is 103 cm³/mol. The maximum Gasteiger partial charge on any atom is 0.211 e. The van der Waals surface area contributed by atoms with Crippen LogP contribution in [0.1, 0.15) is 35.2 Å². The fraction of sp³-hybridized carbons (Fsp3) is 0.222. The van der Waals surface area contributed by atoms with Crippen LogP contribution in [0.2, 0.25) is 0 Å². The highest BCUT2D eigenvalue weighted by Gasteiger charge is 2.30. The molecule has 3 rings (SSSR count). The molecule has 1 aliphatic heterocycles. The molecule has 7 N–H and O–H groups in total. The first kappa shape index (κ1) is 18.8. The highest BCUT2D eigenvalue weighted by atomic mass is 16.5. The summed E-state index contributed by atoms with van der Waals surface area (Å²) < 4.78 is 5.52. The van der Waals surface area contributed by atoms with E-state index in [1.807, 2.05) is 13.0 Å². The van der Waals surface area contributed by atoms with Gasteiger partial charge >= 0.3 is 0 Å². The van der Waals surface area contributed by atoms with Crippen LogP contribution in [0.4, 0.5) is 17.3 Å². The molecule has 0 spiro atoms. The lowest BCUT2D eigenvalue weighted by atomic mass is 9.94. The van der Waals surface area contributed by atoms with Gasteiger partial charge < -0.3 is 26.6 Å². The first-order valence-corrected chi connectivity index (χ1v) is 8.39. The van der Waals surface area contributed by atoms with Crippen molar-refractivity contribution in [2.24, 2.45) is 4.99 Å². The van der Waals surface area contributed by atoms with Gasteiger partial charge in [0.05, 0.1) is 18.9 Å². The molecule has 1 aliphatic rings. The van der Waals surface area contributed by atoms with Crippen molar-refractivity contribution in [3.63, 3.8) is 0 Å². The Kier molecular flexibility index (Phi) is 5.16. The van der Waals surface area contributed by atoms with Crippen molar-refractivity contribution in [1.29, 1.82) is 10.5 Å². The Balaban J connectivity index is 2.20. The molecule has 0 saturated heterocycles. The standard InChI is InChI=1S/C18H18N8O2/c1-2-28-12-4-3-9(5-10(12)7-27)15-13-14(21)11(6-19)16(22)25-17(13)26-18(24-15)23-8-20/h3-5,15,27H,2,7H2,1H3,(H6,21,22,23,24,25,26). The normalized spacial score (nSPS) is 14.7. The summed E-state index contributed by atoms with van der Waals surface area (Å²) in [5.74, 6) is 0.996. The Hall–Kier alpha value is -4.02. The molecular weight excluding hydrogens is 360 g/mol. The number of anilines is 3. The van der Waals surface area contributed by atoms with E-state index in [1.54, 1.807) is 24.4 Å². The second-order valence-electron chi connectivity index (χ2n) is 5.86. The van der Waals surface area contributed by atoms with E-state index >= 15 is 0 Å². The van der Waals surface area contributed by atoms with Crippen LogP contribution in [0.3, 0.4) is 0 Å². The van der Waals surface area contributed by atoms with E-state index in [4.69, 9.17) is 21.5 Å². The van der Waals surface area contributed by atoms with E-state index in [1.165, 1.54) is 0 Å². The van der Waals surface area contributed by atoms with Crippen molar-refractivity contribution >= 4 is 23.3 Å². The van der Waals surface area contributed by atoms with Gasteiger partial charge in [0.2, 0.25) is 5.96 Å². The number of aliphatic imine (C=N–C) groups is 1. The Morgan fingerprint density at radius 3 is 2.79 bits per heavy atom. The number of nitrogens with one attached hydrogen (secondary N) is 2. The van der Waals surface area contributed by atoms with Crippen LogP contribution < -0.4 is 26.8 Å². The highest BCUT2D eigenvalue weighted by molar-refractivity contribution is 5.98. The monoisotopic (exact) mass is 378 g/mol. The van der Waals surface area contributed by atoms with Gasteiger partial charge in [-0.2, -0.15) is 10.5 Å². The summed E-state index contributed by atoms with van der Waals surface area (Å²) in [5, 5.41) is 33.3. The molecule has 1 atom stereocenters. The number of pyridine rings is 1. The maximum absolute atomic E-state index is 9.69. The molecule has 2 heterocycles. The van der Waals surface area contributed by atoms with E-state index in [0.29, 0.717) is 34.9 Å². The fourth-order valence-corrected chi connectivity index (χ4v) is 3.01. The SMILES string of the molecule is CCOc1ccc(C2N=C(NC#N)Nc3nc(N)c(C#N)c(N)c32)cc1CO. The summed E-state index contributed by atoms with van der Waals surface area (Å²) >= 11 is 0. The lowest BCUT2D eigenvalue weighted by molar-refractivity contribution is 0.267. The molecule has 0 radical (unpaired) electrons. The van der Waals surface area contributed by atoms with Gasteiger partial charge in [-0.25, -0.2) is 9.98 Å². The van der Waals surface area contributed by atoms with E-state index in [9.17, 15) is 10.4 Å². The molecule has 1 unspecified atom stereocenters. The van der Waals surface area contributed by atoms with Gasteiger partial charge in [0.1, 0.15) is 35.1 Å². The van der Waals surface area contributed by atoms with Gasteiger partial charge in [0, 0.05) is 11.1 Å². The smallest absolute Gasteiger partial charge is 0.211 e. The molecule has 1 aromatic heterocycles. The minimum absolute atomic E-state index is 0.0223. The summed E-state index contributed by atoms with van der Waals surface area (Å²) in [4.78, 5) is 8.68. The topological polar surface area (TPSA) is 178 Å². The van der Waals surface area contributed by atoms with Crippen molar-refractivity contribution in [3.05, 3.63) is 40.5 Å². The van der Waals surface area contributed by atoms with Crippen LogP contribution in [0.15, 0.2) is 23.2 Å². The zero-order valence-corrected chi connectivity index (χ0v) is 15.0. The second-order valence-corrected chi connectivity index (χ2v) is 5.86. The molecule has 0 aliphatic carbocycles. The zero-order chi connectivity index (χ0) is 20.3. The first-order valence-electron chi connectivity index (χ1n) is 8.39. The van der Waals surface area contributed by atoms with Crippen molar-refractivity contribution in [3.8, 4) is 18.0 Å². The number of nitrogens with two attached hydrogens (primary N) is 2. The Labute approximate surface area is 161 Å². The number of fused-ring (bicyclic) bond motifs is 1. The maximum atomic E-state index is 9.69. The molecule has 10 nitrogen and oxygen atoms in total. The third-order valence-electron chi connectivity index (χ3n) is 4.23. The molecule has 0 amide bonds. The third-order valence-corrected chi connectivity index (χ3v) is 4.23. The molecule has 142 valence electrons. The number of nitrogens with zero attached hydrogens (tertiary/aromatic N) is 4. The summed E-state index contributed by atoms with van der Waals surface area (Å²) in [6.07, 6.45) is 1.79. The molecule has 28 heavy (non-hydrogen) atoms. The molecule has 1 aromatic carbocycles. The average Bonchev–Trinajstić information content (AvgIpc) is 2.68. The zero-order valence-electron chi connectivity index (χ0n) is 15.0. The Bertz CT molecular complexity index is 1040. The second kappa shape index (κ2) is 7.70. The Morgan fingerprint density at radius 2 is 2.14 bits per heavy atom. The van der Waals surface area contributed by atoms with Gasteiger partial charge in [0.25, 0.3) is 0 Å². The third kappa shape index (κ3) is 3.20. The number of hydrogen-bond acceptors (Lipinski definition) is 10. The van der Waals surface area contributed by atoms with Crippen molar-refractivity contribution in [1.82, 2.24) is 10.3 Å². The molecule has 0 saturated carbocycles. The fourth-order valence-electron chi connectivity index (χ4n) is 3.01. The molecule has 0 fully saturated rings. The summed E-state index contributed by atoms with van der Waals surface area (Å²) in [5.41, 5.74) is 14.0. The number of benzene rings is 1. The number of aromatic nitrogens is 1. The molecular formula is C18H18N8O2. The number of nitrogen functional groups attached to an aromatic ring is 2. The lowest BCUT2D eigenvalue weighted by Gasteiger charge is -2.26. The van der Waals surface area contributed by atoms with Crippen molar-refractivity contribution in [2.75, 3.05) is 23.4 Å². The van der Waals surface area contributed by atoms with Crippen LogP contribution in [-0.2, 0) is 6.61 Å². The van der Waals surface area contributed by atoms with Crippen molar-refractivity contribution in [2.45, 2.75) is 19.6 Å². The summed E-state index contributed by atoms with van der Waals surface area (Å²) in [7, 11) is 0. The quantitative estimate of drug-likeness (QED) is 0.382. The van der Waals surface area contributed by atoms with Gasteiger partial charge in [0.15, 0.2) is 6.19 Å². The minimum Gasteiger partial charge on any atom is -0.494 e. The average molecular weight is 378 g/mol. The first-order chi connectivity index (χ1) is 13.5. The van der Waals surface area contributed by atoms with E-state index in [0.717, 1.165) is 0 Å². The lowest BCUT2D eigenvalue weighted by Crippen LogP contribution is -2.32. The van der Waals surface area contributed by atoms with Gasteiger partial charge in [-0.15, -0.1) is 0 Å². The highest BCUT2D eigenvalue weighted by Crippen LogP contribution is 2.41. The largest absolute Gasteiger partial charge is 0.494 e. The number of aliphatic hydroxyl groups is 1. The van der Waals surface area contributed by atoms with Crippen LogP contribution in [-0.4, -0.2) is 22.7 Å². The summed E-state index contributed by atoms with van der Waals surface area (Å²) in [6.45, 7) is 2.08. The van der Waals surface area contributed by atoms with E-state index < -0.39 is 6.04 Å². The van der Waals surface area contributed by atoms with Crippen LogP contribution in [0.25, 0.3) is 0 Å². The summed E-state index contributed by atoms with van der Waals surface area (Å²) in [6, 6.07) is 6.52. The van der Waals surface area contributed by atoms with E-state index in [2.05, 4.69) is 20.6 Å². The van der Waals surface area contributed by atoms with Gasteiger partial charge in [-0.1, -0.05) is 6.07 Å². The number of nitriles is 2. The predicted octanol–water partition coefficient (Wildman–Crippen LogP) is 0.950. The number of rotatable bonds is 4. The number of aliphatic hydroxyl groups excluding tert-OH is 1. The van der Waals surface area contributed by atoms with Gasteiger partial charge in [-0.3, -0.25) is 5.32 Å². The van der Waals surface area contributed by atoms with Gasteiger partial charge in [-0.05, 0) is 24.6 Å². The number of hydrogen-bond donors (Lipinski definition) is 5. The molecule has 2 aromatic rings. The number of ether oxygens (including phenoxy) is 1. The van der Waals surface area contributed by atoms with Crippen LogP contribution in [0, 0.1) is 22.8 Å². The van der Waals surface area contributed by atoms with Crippen molar-refractivity contribution < 1.29 is 9.84 Å². The Morgan fingerprint density at radius 1 is 1.36 bits per heavy atom. The van der Waals surface area contributed by atoms with E-state index in [-0.39, 0.29) is 29.6 Å².